The van der Waals surface area contributed by atoms with Crippen molar-refractivity contribution >= 4 is 45.5 Å². The van der Waals surface area contributed by atoms with Crippen LogP contribution in [0.25, 0.3) is 0 Å². The number of aliphatic imine (C=N–C) groups is 1. The normalized spacial score (nSPS) is 12.0. The van der Waals surface area contributed by atoms with E-state index >= 15 is 0 Å². The topological polar surface area (TPSA) is 70.6 Å². The van der Waals surface area contributed by atoms with Crippen LogP contribution in [0.4, 0.5) is 5.69 Å². The molecule has 0 aliphatic carbocycles. The SMILES string of the molecule is Cc1cc(Cl)ccc1N=CCNSCNS(=O)(=O)c1ccccc1C. The third-order valence-corrected chi connectivity index (χ3v) is 6.01. The lowest BCUT2D eigenvalue weighted by Crippen LogP contribution is -2.25. The summed E-state index contributed by atoms with van der Waals surface area (Å²) in [6, 6.07) is 12.4. The third-order valence-electron chi connectivity index (χ3n) is 3.37. The first-order valence-electron chi connectivity index (χ1n) is 7.59. The average molecular weight is 398 g/mol. The Morgan fingerprint density at radius 3 is 2.64 bits per heavy atom. The highest BCUT2D eigenvalue weighted by atomic mass is 35.5. The van der Waals surface area contributed by atoms with Crippen LogP contribution in [0.2, 0.25) is 5.02 Å². The van der Waals surface area contributed by atoms with Gasteiger partial charge in [-0.1, -0.05) is 41.7 Å². The monoisotopic (exact) mass is 397 g/mol. The molecule has 0 atom stereocenters. The molecule has 0 fully saturated rings. The lowest BCUT2D eigenvalue weighted by atomic mass is 10.2. The lowest BCUT2D eigenvalue weighted by Gasteiger charge is -2.08. The van der Waals surface area contributed by atoms with Crippen molar-refractivity contribution < 1.29 is 8.42 Å². The summed E-state index contributed by atoms with van der Waals surface area (Å²) in [6.07, 6.45) is 1.74. The van der Waals surface area contributed by atoms with Gasteiger partial charge >= 0.3 is 0 Å². The van der Waals surface area contributed by atoms with Gasteiger partial charge in [-0.25, -0.2) is 8.42 Å². The molecule has 2 aromatic rings. The molecule has 5 nitrogen and oxygen atoms in total. The first kappa shape index (κ1) is 19.9. The summed E-state index contributed by atoms with van der Waals surface area (Å²) in [7, 11) is -3.49. The number of hydrogen-bond donors (Lipinski definition) is 2. The Kier molecular flexibility index (Phi) is 7.46. The Labute approximate surface area is 158 Å². The molecule has 8 heteroatoms. The number of aryl methyl sites for hydroxylation is 2. The molecule has 2 N–H and O–H groups in total. The molecule has 0 heterocycles. The van der Waals surface area contributed by atoms with Gasteiger partial charge in [0.25, 0.3) is 0 Å². The van der Waals surface area contributed by atoms with Crippen molar-refractivity contribution in [3.05, 3.63) is 58.6 Å². The molecule has 0 saturated carbocycles. The maximum atomic E-state index is 12.2. The van der Waals surface area contributed by atoms with Crippen molar-refractivity contribution in [2.24, 2.45) is 4.99 Å². The molecule has 0 bridgehead atoms. The standard InChI is InChI=1S/C17H20ClN3O2S2/c1-13-5-3-4-6-17(13)25(22,23)21-12-24-20-10-9-19-16-8-7-15(18)11-14(16)2/h3-9,11,20-21H,10,12H2,1-2H3. The van der Waals surface area contributed by atoms with E-state index in [2.05, 4.69) is 14.4 Å². The second-order valence-corrected chi connectivity index (χ2v) is 8.33. The van der Waals surface area contributed by atoms with Gasteiger partial charge in [-0.3, -0.25) is 9.71 Å². The number of benzene rings is 2. The third kappa shape index (κ3) is 6.13. The number of nitrogens with zero attached hydrogens (tertiary/aromatic N) is 1. The zero-order valence-electron chi connectivity index (χ0n) is 14.0. The Morgan fingerprint density at radius 1 is 1.16 bits per heavy atom. The van der Waals surface area contributed by atoms with Crippen LogP contribution in [-0.4, -0.2) is 27.1 Å². The van der Waals surface area contributed by atoms with Crippen LogP contribution in [0.3, 0.4) is 0 Å². The summed E-state index contributed by atoms with van der Waals surface area (Å²) in [6.45, 7) is 4.23. The zero-order chi connectivity index (χ0) is 18.3. The molecule has 0 aliphatic heterocycles. The van der Waals surface area contributed by atoms with Crippen molar-refractivity contribution in [3.63, 3.8) is 0 Å². The van der Waals surface area contributed by atoms with Crippen LogP contribution >= 0.6 is 23.5 Å². The van der Waals surface area contributed by atoms with Gasteiger partial charge in [-0.2, -0.15) is 4.72 Å². The van der Waals surface area contributed by atoms with Gasteiger partial charge in [0.05, 0.1) is 16.5 Å². The Balaban J connectivity index is 1.75. The van der Waals surface area contributed by atoms with Gasteiger partial charge in [-0.05, 0) is 49.2 Å². The van der Waals surface area contributed by atoms with Gasteiger partial charge < -0.3 is 0 Å². The van der Waals surface area contributed by atoms with E-state index in [1.165, 1.54) is 11.9 Å². The molecule has 0 unspecified atom stereocenters. The largest absolute Gasteiger partial charge is 0.260 e. The number of hydrogen-bond acceptors (Lipinski definition) is 5. The maximum Gasteiger partial charge on any atom is 0.241 e. The van der Waals surface area contributed by atoms with Gasteiger partial charge in [0.2, 0.25) is 10.0 Å². The maximum absolute atomic E-state index is 12.2. The molecule has 134 valence electrons. The molecule has 0 saturated heterocycles. The van der Waals surface area contributed by atoms with E-state index in [9.17, 15) is 8.42 Å². The predicted octanol–water partition coefficient (Wildman–Crippen LogP) is 3.83. The minimum Gasteiger partial charge on any atom is -0.260 e. The molecule has 0 amide bonds. The highest BCUT2D eigenvalue weighted by molar-refractivity contribution is 7.98. The molecular formula is C17H20ClN3O2S2. The molecule has 0 radical (unpaired) electrons. The average Bonchev–Trinajstić information content (AvgIpc) is 2.56. The minimum absolute atomic E-state index is 0.227. The molecule has 0 aromatic heterocycles. The number of sulfonamides is 1. The highest BCUT2D eigenvalue weighted by Gasteiger charge is 2.15. The van der Waals surface area contributed by atoms with Crippen LogP contribution in [0.15, 0.2) is 52.4 Å². The van der Waals surface area contributed by atoms with Gasteiger partial charge in [0.15, 0.2) is 0 Å². The minimum atomic E-state index is -3.49. The second-order valence-electron chi connectivity index (χ2n) is 5.29. The van der Waals surface area contributed by atoms with Crippen molar-refractivity contribution in [1.29, 1.82) is 0 Å². The molecule has 25 heavy (non-hydrogen) atoms. The van der Waals surface area contributed by atoms with E-state index in [-0.39, 0.29) is 5.88 Å². The second kappa shape index (κ2) is 9.35. The Morgan fingerprint density at radius 2 is 1.92 bits per heavy atom. The summed E-state index contributed by atoms with van der Waals surface area (Å²) >= 11 is 7.17. The smallest absolute Gasteiger partial charge is 0.241 e. The number of halogens is 1. The fraction of sp³-hybridized carbons (Fsp3) is 0.235. The lowest BCUT2D eigenvalue weighted by molar-refractivity contribution is 0.586. The van der Waals surface area contributed by atoms with Gasteiger partial charge in [-0.15, -0.1) is 0 Å². The fourth-order valence-corrected chi connectivity index (χ4v) is 4.38. The van der Waals surface area contributed by atoms with E-state index in [1.807, 2.05) is 25.1 Å². The van der Waals surface area contributed by atoms with E-state index in [4.69, 9.17) is 11.6 Å². The van der Waals surface area contributed by atoms with Crippen LogP contribution in [0, 0.1) is 13.8 Å². The quantitative estimate of drug-likeness (QED) is 0.307. The van der Waals surface area contributed by atoms with Crippen molar-refractivity contribution in [2.75, 3.05) is 12.4 Å². The number of rotatable bonds is 8. The van der Waals surface area contributed by atoms with Crippen molar-refractivity contribution in [3.8, 4) is 0 Å². The fourth-order valence-electron chi connectivity index (χ4n) is 2.10. The number of nitrogens with one attached hydrogen (secondary N) is 2. The summed E-state index contributed by atoms with van der Waals surface area (Å²) in [5.74, 6) is 0.227. The van der Waals surface area contributed by atoms with Crippen LogP contribution < -0.4 is 9.44 Å². The van der Waals surface area contributed by atoms with Gasteiger partial charge in [0, 0.05) is 17.8 Å². The summed E-state index contributed by atoms with van der Waals surface area (Å²) in [5.41, 5.74) is 2.58. The summed E-state index contributed by atoms with van der Waals surface area (Å²) < 4.78 is 30.0. The van der Waals surface area contributed by atoms with Crippen LogP contribution in [-0.2, 0) is 10.0 Å². The highest BCUT2D eigenvalue weighted by Crippen LogP contribution is 2.21. The van der Waals surface area contributed by atoms with Crippen LogP contribution in [0.1, 0.15) is 11.1 Å². The van der Waals surface area contributed by atoms with Crippen LogP contribution in [0.5, 0.6) is 0 Å². The molecule has 0 spiro atoms. The van der Waals surface area contributed by atoms with E-state index < -0.39 is 10.0 Å². The van der Waals surface area contributed by atoms with Crippen molar-refractivity contribution in [2.45, 2.75) is 18.7 Å². The molecular weight excluding hydrogens is 378 g/mol. The molecule has 2 rings (SSSR count). The first-order chi connectivity index (χ1) is 11.9. The Hall–Kier alpha value is -1.38. The molecule has 0 aliphatic rings. The summed E-state index contributed by atoms with van der Waals surface area (Å²) in [5, 5.41) is 0.686. The van der Waals surface area contributed by atoms with E-state index in [0.717, 1.165) is 16.8 Å². The predicted molar refractivity (Wildman–Crippen MR) is 106 cm³/mol. The summed E-state index contributed by atoms with van der Waals surface area (Å²) in [4.78, 5) is 4.66. The van der Waals surface area contributed by atoms with Gasteiger partial charge in [0.1, 0.15) is 0 Å². The van der Waals surface area contributed by atoms with E-state index in [0.29, 0.717) is 16.5 Å². The van der Waals surface area contributed by atoms with Crippen molar-refractivity contribution in [1.82, 2.24) is 9.44 Å². The zero-order valence-corrected chi connectivity index (χ0v) is 16.4. The first-order valence-corrected chi connectivity index (χ1v) is 10.4. The van der Waals surface area contributed by atoms with E-state index in [1.54, 1.807) is 37.4 Å². The Bertz CT molecular complexity index is 855. The molecule has 2 aromatic carbocycles.